The van der Waals surface area contributed by atoms with Crippen molar-refractivity contribution in [2.75, 3.05) is 6.54 Å². The van der Waals surface area contributed by atoms with E-state index >= 15 is 0 Å². The van der Waals surface area contributed by atoms with Gasteiger partial charge in [-0.15, -0.1) is 0 Å². The van der Waals surface area contributed by atoms with Crippen LogP contribution in [-0.4, -0.2) is 22.8 Å². The molecular weight excluding hydrogens is 214 g/mol. The van der Waals surface area contributed by atoms with Crippen LogP contribution in [0.25, 0.3) is 0 Å². The molecule has 3 amide bonds. The summed E-state index contributed by atoms with van der Waals surface area (Å²) in [6, 6.07) is 1.17. The van der Waals surface area contributed by atoms with Gasteiger partial charge in [0.2, 0.25) is 4.32 Å². The van der Waals surface area contributed by atoms with Crippen LogP contribution in [0.5, 0.6) is 0 Å². The molecule has 0 aromatic rings. The van der Waals surface area contributed by atoms with Crippen molar-refractivity contribution >= 4 is 27.9 Å². The third kappa shape index (κ3) is 1.33. The van der Waals surface area contributed by atoms with Crippen molar-refractivity contribution in [2.45, 2.75) is 4.32 Å². The van der Waals surface area contributed by atoms with Gasteiger partial charge in [-0.3, -0.25) is 10.1 Å². The van der Waals surface area contributed by atoms with Crippen LogP contribution >= 0.6 is 15.9 Å². The van der Waals surface area contributed by atoms with E-state index in [9.17, 15) is 9.59 Å². The molecule has 1 aliphatic rings. The lowest BCUT2D eigenvalue weighted by molar-refractivity contribution is -0.121. The summed E-state index contributed by atoms with van der Waals surface area (Å²) in [5, 5.41) is 12.8. The van der Waals surface area contributed by atoms with Crippen molar-refractivity contribution in [3.05, 3.63) is 0 Å². The van der Waals surface area contributed by atoms with Crippen molar-refractivity contribution in [1.82, 2.24) is 10.6 Å². The zero-order valence-corrected chi connectivity index (χ0v) is 6.93. The zero-order chi connectivity index (χ0) is 8.48. The van der Waals surface area contributed by atoms with Gasteiger partial charge >= 0.3 is 6.03 Å². The molecule has 0 bridgehead atoms. The van der Waals surface area contributed by atoms with Gasteiger partial charge in [0.15, 0.2) is 0 Å². The average molecular weight is 218 g/mol. The lowest BCUT2D eigenvalue weighted by Crippen LogP contribution is -2.59. The molecule has 6 heteroatoms. The number of urea groups is 1. The molecule has 1 unspecified atom stereocenters. The summed E-state index contributed by atoms with van der Waals surface area (Å²) in [5.74, 6) is -0.622. The highest BCUT2D eigenvalue weighted by Crippen LogP contribution is 2.17. The molecule has 0 saturated carbocycles. The number of nitrogens with one attached hydrogen (secondary N) is 2. The number of carbonyl (C=O) groups excluding carboxylic acids is 2. The van der Waals surface area contributed by atoms with E-state index in [2.05, 4.69) is 21.2 Å². The first-order valence-corrected chi connectivity index (χ1v) is 3.57. The van der Waals surface area contributed by atoms with Crippen LogP contribution in [0.2, 0.25) is 0 Å². The maximum absolute atomic E-state index is 10.9. The van der Waals surface area contributed by atoms with Crippen LogP contribution in [0.3, 0.4) is 0 Å². The molecule has 58 valence electrons. The number of hydrogen-bond donors (Lipinski definition) is 2. The Labute approximate surface area is 70.9 Å². The lowest BCUT2D eigenvalue weighted by atomic mass is 10.1. The number of rotatable bonds is 0. The van der Waals surface area contributed by atoms with Gasteiger partial charge in [0.25, 0.3) is 5.91 Å². The molecule has 1 atom stereocenters. The second-order valence-electron chi connectivity index (χ2n) is 2.05. The van der Waals surface area contributed by atoms with Crippen molar-refractivity contribution in [1.29, 1.82) is 5.26 Å². The highest BCUT2D eigenvalue weighted by Gasteiger charge is 2.40. The normalized spacial score (nSPS) is 30.2. The molecule has 0 aromatic heterocycles. The number of nitrogens with zero attached hydrogens (tertiary/aromatic N) is 1. The summed E-state index contributed by atoms with van der Waals surface area (Å²) in [6.45, 7) is -0.00579. The smallest absolute Gasteiger partial charge is 0.321 e. The Balaban J connectivity index is 2.82. The van der Waals surface area contributed by atoms with E-state index in [4.69, 9.17) is 5.26 Å². The third-order valence-corrected chi connectivity index (χ3v) is 2.07. The highest BCUT2D eigenvalue weighted by molar-refractivity contribution is 9.10. The topological polar surface area (TPSA) is 82.0 Å². The number of halogens is 1. The predicted molar refractivity (Wildman–Crippen MR) is 38.8 cm³/mol. The third-order valence-electron chi connectivity index (χ3n) is 1.26. The Kier molecular flexibility index (Phi) is 1.83. The fourth-order valence-corrected chi connectivity index (χ4v) is 0.858. The maximum atomic E-state index is 10.9. The minimum atomic E-state index is -1.30. The molecule has 0 radical (unpaired) electrons. The molecule has 5 nitrogen and oxygen atoms in total. The molecule has 0 spiro atoms. The van der Waals surface area contributed by atoms with E-state index in [1.807, 2.05) is 5.32 Å². The molecule has 1 aliphatic heterocycles. The zero-order valence-electron chi connectivity index (χ0n) is 5.35. The maximum Gasteiger partial charge on any atom is 0.321 e. The minimum absolute atomic E-state index is 0.00579. The number of alkyl halides is 1. The number of nitriles is 1. The van der Waals surface area contributed by atoms with E-state index in [1.54, 1.807) is 6.07 Å². The second-order valence-corrected chi connectivity index (χ2v) is 3.40. The molecule has 1 saturated heterocycles. The number of imide groups is 1. The summed E-state index contributed by atoms with van der Waals surface area (Å²) in [4.78, 5) is 21.4. The summed E-state index contributed by atoms with van der Waals surface area (Å²) < 4.78 is -1.30. The quantitative estimate of drug-likeness (QED) is 0.537. The van der Waals surface area contributed by atoms with Gasteiger partial charge in [-0.05, 0) is 0 Å². The van der Waals surface area contributed by atoms with Crippen LogP contribution in [0.1, 0.15) is 0 Å². The molecule has 0 aromatic carbocycles. The predicted octanol–water partition coefficient (Wildman–Crippen LogP) is -0.517. The van der Waals surface area contributed by atoms with E-state index in [0.717, 1.165) is 0 Å². The monoisotopic (exact) mass is 217 g/mol. The van der Waals surface area contributed by atoms with Crippen molar-refractivity contribution in [3.8, 4) is 6.07 Å². The SMILES string of the molecule is N#CC1(Br)CNC(=O)NC1=O. The Morgan fingerprint density at radius 1 is 1.64 bits per heavy atom. The molecule has 1 heterocycles. The Morgan fingerprint density at radius 2 is 2.27 bits per heavy atom. The lowest BCUT2D eigenvalue weighted by Gasteiger charge is -2.23. The fourth-order valence-electron chi connectivity index (χ4n) is 0.619. The molecule has 2 N–H and O–H groups in total. The summed E-state index contributed by atoms with van der Waals surface area (Å²) in [6.07, 6.45) is 0. The van der Waals surface area contributed by atoms with Crippen LogP contribution < -0.4 is 10.6 Å². The largest absolute Gasteiger partial charge is 0.335 e. The van der Waals surface area contributed by atoms with Crippen molar-refractivity contribution < 1.29 is 9.59 Å². The van der Waals surface area contributed by atoms with E-state index in [1.165, 1.54) is 0 Å². The fraction of sp³-hybridized carbons (Fsp3) is 0.400. The van der Waals surface area contributed by atoms with Crippen LogP contribution in [0.4, 0.5) is 4.79 Å². The van der Waals surface area contributed by atoms with Crippen LogP contribution in [0.15, 0.2) is 0 Å². The van der Waals surface area contributed by atoms with Gasteiger partial charge in [-0.1, -0.05) is 15.9 Å². The van der Waals surface area contributed by atoms with Gasteiger partial charge in [-0.25, -0.2) is 4.79 Å². The number of carbonyl (C=O) groups is 2. The van der Waals surface area contributed by atoms with E-state index in [-0.39, 0.29) is 6.54 Å². The van der Waals surface area contributed by atoms with Gasteiger partial charge in [0, 0.05) is 0 Å². The summed E-state index contributed by atoms with van der Waals surface area (Å²) >= 11 is 2.90. The number of amides is 3. The number of hydrogen-bond acceptors (Lipinski definition) is 3. The molecule has 1 rings (SSSR count). The first kappa shape index (κ1) is 8.01. The Morgan fingerprint density at radius 3 is 2.73 bits per heavy atom. The van der Waals surface area contributed by atoms with E-state index in [0.29, 0.717) is 0 Å². The minimum Gasteiger partial charge on any atom is -0.335 e. The molecule has 0 aliphatic carbocycles. The van der Waals surface area contributed by atoms with E-state index < -0.39 is 16.3 Å². The van der Waals surface area contributed by atoms with Gasteiger partial charge in [0.1, 0.15) is 0 Å². The molecular formula is C5H4BrN3O2. The van der Waals surface area contributed by atoms with Gasteiger partial charge in [0.05, 0.1) is 12.6 Å². The Bertz CT molecular complexity index is 259. The second kappa shape index (κ2) is 2.51. The Hall–Kier alpha value is -1.09. The molecule has 11 heavy (non-hydrogen) atoms. The summed E-state index contributed by atoms with van der Waals surface area (Å²) in [7, 11) is 0. The highest BCUT2D eigenvalue weighted by atomic mass is 79.9. The van der Waals surface area contributed by atoms with Crippen molar-refractivity contribution in [2.24, 2.45) is 0 Å². The average Bonchev–Trinajstić information content (AvgIpc) is 1.98. The van der Waals surface area contributed by atoms with Crippen molar-refractivity contribution in [3.63, 3.8) is 0 Å². The summed E-state index contributed by atoms with van der Waals surface area (Å²) in [5.41, 5.74) is 0. The van der Waals surface area contributed by atoms with Crippen LogP contribution in [0, 0.1) is 11.3 Å². The molecule has 1 fully saturated rings. The first-order chi connectivity index (χ1) is 5.08. The van der Waals surface area contributed by atoms with Gasteiger partial charge in [-0.2, -0.15) is 5.26 Å². The van der Waals surface area contributed by atoms with Gasteiger partial charge < -0.3 is 5.32 Å². The standard InChI is InChI=1S/C5H4BrN3O2/c6-5(1-7)2-8-4(11)9-3(5)10/h2H2,(H2,8,9,10,11). The first-order valence-electron chi connectivity index (χ1n) is 2.78. The van der Waals surface area contributed by atoms with Crippen LogP contribution in [-0.2, 0) is 4.79 Å².